The van der Waals surface area contributed by atoms with Crippen LogP contribution in [0.3, 0.4) is 0 Å². The Hall–Kier alpha value is -4.15. The van der Waals surface area contributed by atoms with Crippen LogP contribution in [0.2, 0.25) is 0 Å². The Bertz CT molecular complexity index is 879. The third-order valence-electron chi connectivity index (χ3n) is 5.70. The lowest BCUT2D eigenvalue weighted by molar-refractivity contribution is -0.130. The van der Waals surface area contributed by atoms with Gasteiger partial charge in [0.15, 0.2) is 5.96 Å². The number of nitrogens with one attached hydrogen (secondary N) is 8. The molecule has 0 aromatic carbocycles. The number of nitrogens with zero attached hydrogens (tertiary/aromatic N) is 1. The number of urea groups is 2. The third kappa shape index (κ3) is 16.0. The molecule has 0 aromatic rings. The van der Waals surface area contributed by atoms with Gasteiger partial charge in [-0.2, -0.15) is 0 Å². The molecule has 3 atom stereocenters. The minimum Gasteiger partial charge on any atom is -0.370 e. The van der Waals surface area contributed by atoms with Crippen molar-refractivity contribution >= 4 is 41.7 Å². The van der Waals surface area contributed by atoms with E-state index in [-0.39, 0.29) is 50.6 Å². The van der Waals surface area contributed by atoms with Gasteiger partial charge in [-0.3, -0.25) is 29.5 Å². The molecule has 0 radical (unpaired) electrons. The average Bonchev–Trinajstić information content (AvgIpc) is 2.92. The number of nitrogens with two attached hydrogens (primary N) is 2. The summed E-state index contributed by atoms with van der Waals surface area (Å²) in [6.45, 7) is 0.482. The molecule has 0 bridgehead atoms. The molecule has 0 aliphatic carbocycles. The molecular formula is C23H45N11O6. The lowest BCUT2D eigenvalue weighted by Crippen LogP contribution is -2.54. The van der Waals surface area contributed by atoms with Crippen molar-refractivity contribution in [2.45, 2.75) is 63.1 Å². The molecule has 17 nitrogen and oxygen atoms in total. The maximum absolute atomic E-state index is 12.9. The first kappa shape index (κ1) is 35.9. The monoisotopic (exact) mass is 571 g/mol. The lowest BCUT2D eigenvalue weighted by Gasteiger charge is -2.22. The van der Waals surface area contributed by atoms with Crippen LogP contribution >= 0.6 is 0 Å². The molecule has 40 heavy (non-hydrogen) atoms. The lowest BCUT2D eigenvalue weighted by atomic mass is 10.1. The molecule has 0 aliphatic heterocycles. The molecule has 0 heterocycles. The number of imide groups is 1. The van der Waals surface area contributed by atoms with Crippen LogP contribution in [0.1, 0.15) is 44.9 Å². The van der Waals surface area contributed by atoms with Gasteiger partial charge < -0.3 is 48.7 Å². The van der Waals surface area contributed by atoms with Gasteiger partial charge in [-0.1, -0.05) is 0 Å². The molecule has 0 saturated heterocycles. The van der Waals surface area contributed by atoms with Crippen LogP contribution < -0.4 is 54.0 Å². The highest BCUT2D eigenvalue weighted by Gasteiger charge is 2.26. The summed E-state index contributed by atoms with van der Waals surface area (Å²) in [7, 11) is 5.94. The van der Waals surface area contributed by atoms with Crippen molar-refractivity contribution in [3.8, 4) is 0 Å². The zero-order valence-corrected chi connectivity index (χ0v) is 23.6. The molecule has 8 amide bonds. The molecule has 0 saturated carbocycles. The van der Waals surface area contributed by atoms with Gasteiger partial charge in [0.05, 0.1) is 6.04 Å². The van der Waals surface area contributed by atoms with Gasteiger partial charge in [0, 0.05) is 40.7 Å². The van der Waals surface area contributed by atoms with Gasteiger partial charge >= 0.3 is 12.1 Å². The smallest absolute Gasteiger partial charge is 0.321 e. The number of hydrogen-bond donors (Lipinski definition) is 10. The Morgan fingerprint density at radius 2 is 1.27 bits per heavy atom. The van der Waals surface area contributed by atoms with Gasteiger partial charge in [0.1, 0.15) is 12.1 Å². The fourth-order valence-corrected chi connectivity index (χ4v) is 3.48. The van der Waals surface area contributed by atoms with Gasteiger partial charge in [-0.25, -0.2) is 9.59 Å². The SMILES string of the molecule is CNC(=O)NC(CCCN=C(N)N)C(=O)NC(CCCCNC(=O)NC(=O)CCC(NC)C(=O)NC)C(=O)NC. The highest BCUT2D eigenvalue weighted by atomic mass is 16.2. The van der Waals surface area contributed by atoms with Crippen molar-refractivity contribution < 1.29 is 28.8 Å². The Morgan fingerprint density at radius 3 is 1.85 bits per heavy atom. The zero-order chi connectivity index (χ0) is 30.5. The van der Waals surface area contributed by atoms with E-state index >= 15 is 0 Å². The first-order valence-corrected chi connectivity index (χ1v) is 13.0. The maximum atomic E-state index is 12.9. The molecule has 0 spiro atoms. The van der Waals surface area contributed by atoms with Gasteiger partial charge in [-0.05, 0) is 45.6 Å². The van der Waals surface area contributed by atoms with E-state index in [0.29, 0.717) is 19.3 Å². The first-order valence-electron chi connectivity index (χ1n) is 13.0. The summed E-state index contributed by atoms with van der Waals surface area (Å²) in [5.74, 6) is -1.83. The average molecular weight is 572 g/mol. The summed E-state index contributed by atoms with van der Waals surface area (Å²) in [5.41, 5.74) is 10.6. The van der Waals surface area contributed by atoms with E-state index in [4.69, 9.17) is 11.5 Å². The van der Waals surface area contributed by atoms with Gasteiger partial charge in [-0.15, -0.1) is 0 Å². The number of unbranched alkanes of at least 4 members (excludes halogenated alkanes) is 1. The topological polar surface area (TPSA) is 263 Å². The Morgan fingerprint density at radius 1 is 0.675 bits per heavy atom. The van der Waals surface area contributed by atoms with Crippen LogP contribution in [0.5, 0.6) is 0 Å². The van der Waals surface area contributed by atoms with E-state index in [1.807, 2.05) is 0 Å². The van der Waals surface area contributed by atoms with Crippen LogP contribution in [0.25, 0.3) is 0 Å². The molecule has 0 rings (SSSR count). The number of hydrogen-bond acceptors (Lipinski definition) is 8. The highest BCUT2D eigenvalue weighted by molar-refractivity contribution is 5.94. The third-order valence-corrected chi connectivity index (χ3v) is 5.70. The summed E-state index contributed by atoms with van der Waals surface area (Å²) in [4.78, 5) is 76.4. The van der Waals surface area contributed by atoms with Gasteiger partial charge in [0.25, 0.3) is 0 Å². The van der Waals surface area contributed by atoms with Crippen LogP contribution in [0.15, 0.2) is 4.99 Å². The van der Waals surface area contributed by atoms with E-state index in [1.165, 1.54) is 21.1 Å². The first-order chi connectivity index (χ1) is 19.0. The van der Waals surface area contributed by atoms with Crippen molar-refractivity contribution in [2.75, 3.05) is 41.3 Å². The van der Waals surface area contributed by atoms with Crippen molar-refractivity contribution in [1.82, 2.24) is 42.5 Å². The molecular weight excluding hydrogens is 526 g/mol. The fraction of sp³-hybridized carbons (Fsp3) is 0.696. The molecule has 12 N–H and O–H groups in total. The number of amides is 8. The number of aliphatic imine (C=N–C) groups is 1. The van der Waals surface area contributed by atoms with Crippen LogP contribution in [0, 0.1) is 0 Å². The second-order valence-electron chi connectivity index (χ2n) is 8.69. The quantitative estimate of drug-likeness (QED) is 0.0447. The maximum Gasteiger partial charge on any atom is 0.321 e. The van der Waals surface area contributed by atoms with E-state index < -0.39 is 47.9 Å². The number of carbonyl (C=O) groups is 6. The Labute approximate surface area is 234 Å². The van der Waals surface area contributed by atoms with Crippen LogP contribution in [-0.4, -0.2) is 101 Å². The molecule has 3 unspecified atom stereocenters. The summed E-state index contributed by atoms with van der Waals surface area (Å²) < 4.78 is 0. The number of carbonyl (C=O) groups excluding carboxylic acids is 6. The van der Waals surface area contributed by atoms with E-state index in [2.05, 4.69) is 47.5 Å². The predicted molar refractivity (Wildman–Crippen MR) is 149 cm³/mol. The summed E-state index contributed by atoms with van der Waals surface area (Å²) in [5, 5.41) is 20.1. The summed E-state index contributed by atoms with van der Waals surface area (Å²) in [6, 6.07) is -3.59. The number of rotatable bonds is 18. The van der Waals surface area contributed by atoms with Crippen molar-refractivity contribution in [1.29, 1.82) is 0 Å². The van der Waals surface area contributed by atoms with Crippen molar-refractivity contribution in [3.05, 3.63) is 0 Å². The standard InChI is InChI=1S/C23H45N11O6/c1-26-14(18(36)27-2)10-11-17(35)34-23(40)31-12-6-5-8-15(19(37)28-3)32-20(38)16(33-22(39)29-4)9-7-13-30-21(24)25/h14-16,26H,5-13H2,1-4H3,(H,27,36)(H,28,37)(H,32,38)(H4,24,25,30)(H2,29,33,39)(H2,31,34,35,40). The molecule has 228 valence electrons. The van der Waals surface area contributed by atoms with Crippen LogP contribution in [0.4, 0.5) is 9.59 Å². The summed E-state index contributed by atoms with van der Waals surface area (Å²) in [6.07, 6.45) is 2.02. The molecule has 0 aromatic heterocycles. The van der Waals surface area contributed by atoms with Crippen molar-refractivity contribution in [2.24, 2.45) is 16.5 Å². The van der Waals surface area contributed by atoms with Gasteiger partial charge in [0.2, 0.25) is 23.6 Å². The largest absolute Gasteiger partial charge is 0.370 e. The zero-order valence-electron chi connectivity index (χ0n) is 23.6. The minimum atomic E-state index is -0.927. The molecule has 17 heteroatoms. The van der Waals surface area contributed by atoms with E-state index in [1.54, 1.807) is 7.05 Å². The second kappa shape index (κ2) is 20.8. The normalized spacial score (nSPS) is 12.5. The number of likely N-dealkylation sites (N-methyl/N-ethyl adjacent to an activating group) is 3. The highest BCUT2D eigenvalue weighted by Crippen LogP contribution is 2.05. The van der Waals surface area contributed by atoms with E-state index in [0.717, 1.165) is 0 Å². The second-order valence-corrected chi connectivity index (χ2v) is 8.69. The fourth-order valence-electron chi connectivity index (χ4n) is 3.48. The van der Waals surface area contributed by atoms with Crippen LogP contribution in [-0.2, 0) is 19.2 Å². The molecule has 0 fully saturated rings. The predicted octanol–water partition coefficient (Wildman–Crippen LogP) is -3.32. The van der Waals surface area contributed by atoms with E-state index in [9.17, 15) is 28.8 Å². The number of guanidine groups is 1. The Balaban J connectivity index is 4.70. The Kier molecular flexibility index (Phi) is 18.6. The van der Waals surface area contributed by atoms with Crippen molar-refractivity contribution in [3.63, 3.8) is 0 Å². The molecule has 0 aliphatic rings. The summed E-state index contributed by atoms with van der Waals surface area (Å²) >= 11 is 0. The minimum absolute atomic E-state index is 0.0239.